The van der Waals surface area contributed by atoms with Crippen molar-refractivity contribution in [1.82, 2.24) is 0 Å². The van der Waals surface area contributed by atoms with Crippen LogP contribution in [-0.2, 0) is 0 Å². The molecule has 2 rings (SSSR count). The van der Waals surface area contributed by atoms with Crippen LogP contribution < -0.4 is 15.2 Å². The molecule has 0 saturated carbocycles. The Kier molecular flexibility index (Phi) is 3.64. The third kappa shape index (κ3) is 2.29. The van der Waals surface area contributed by atoms with Gasteiger partial charge < -0.3 is 15.2 Å². The summed E-state index contributed by atoms with van der Waals surface area (Å²) < 4.78 is 12.3. The molecule has 1 atom stereocenters. The van der Waals surface area contributed by atoms with E-state index in [1.165, 1.54) is 5.56 Å². The van der Waals surface area contributed by atoms with Gasteiger partial charge in [-0.25, -0.2) is 0 Å². The van der Waals surface area contributed by atoms with Crippen molar-refractivity contribution in [3.63, 3.8) is 0 Å². The van der Waals surface area contributed by atoms with Crippen LogP contribution in [0.2, 0.25) is 0 Å². The molecule has 1 heterocycles. The van der Waals surface area contributed by atoms with E-state index in [2.05, 4.69) is 29.8 Å². The van der Waals surface area contributed by atoms with Gasteiger partial charge in [0.15, 0.2) is 11.5 Å². The fourth-order valence-corrected chi connectivity index (χ4v) is 3.14. The van der Waals surface area contributed by atoms with Crippen molar-refractivity contribution in [2.75, 3.05) is 13.2 Å². The second kappa shape index (κ2) is 4.86. The number of hydrogen-bond acceptors (Lipinski definition) is 3. The Morgan fingerprint density at radius 1 is 1.24 bits per heavy atom. The molecule has 0 aromatic heterocycles. The predicted molar refractivity (Wildman–Crippen MR) is 71.8 cm³/mol. The standard InChI is InChI=1S/C13H18BrNO2/c1-7(2)11-9(8(3)15)6-10-13(12(11)14)17-5-4-16-10/h6-8H,4-5,15H2,1-3H3. The van der Waals surface area contributed by atoms with Crippen LogP contribution in [0, 0.1) is 0 Å². The molecule has 1 aromatic rings. The first-order chi connectivity index (χ1) is 8.02. The Balaban J connectivity index is 2.63. The molecule has 1 aliphatic heterocycles. The van der Waals surface area contributed by atoms with E-state index in [0.717, 1.165) is 21.5 Å². The largest absolute Gasteiger partial charge is 0.486 e. The lowest BCUT2D eigenvalue weighted by molar-refractivity contribution is 0.170. The minimum atomic E-state index is -0.0143. The predicted octanol–water partition coefficient (Wildman–Crippen LogP) is 3.36. The van der Waals surface area contributed by atoms with Crippen LogP contribution >= 0.6 is 15.9 Å². The van der Waals surface area contributed by atoms with Crippen LogP contribution in [-0.4, -0.2) is 13.2 Å². The third-order valence-corrected chi connectivity index (χ3v) is 3.70. The van der Waals surface area contributed by atoms with E-state index >= 15 is 0 Å². The lowest BCUT2D eigenvalue weighted by Gasteiger charge is -2.25. The molecule has 1 aliphatic rings. The fraction of sp³-hybridized carbons (Fsp3) is 0.538. The Morgan fingerprint density at radius 2 is 1.88 bits per heavy atom. The zero-order chi connectivity index (χ0) is 12.6. The van der Waals surface area contributed by atoms with Gasteiger partial charge in [0.1, 0.15) is 13.2 Å². The zero-order valence-corrected chi connectivity index (χ0v) is 12.0. The molecule has 17 heavy (non-hydrogen) atoms. The van der Waals surface area contributed by atoms with Gasteiger partial charge in [-0.3, -0.25) is 0 Å². The van der Waals surface area contributed by atoms with Crippen LogP contribution in [0.3, 0.4) is 0 Å². The number of rotatable bonds is 2. The average Bonchev–Trinajstić information content (AvgIpc) is 2.28. The SMILES string of the molecule is CC(C)c1c(C(C)N)cc2c(c1Br)OCCO2. The summed E-state index contributed by atoms with van der Waals surface area (Å²) in [7, 11) is 0. The van der Waals surface area contributed by atoms with E-state index in [1.807, 2.05) is 13.0 Å². The summed E-state index contributed by atoms with van der Waals surface area (Å²) >= 11 is 3.63. The lowest BCUT2D eigenvalue weighted by atomic mass is 9.93. The molecule has 0 spiro atoms. The summed E-state index contributed by atoms with van der Waals surface area (Å²) in [5.74, 6) is 1.99. The van der Waals surface area contributed by atoms with Gasteiger partial charge in [-0.15, -0.1) is 0 Å². The molecular weight excluding hydrogens is 282 g/mol. The Labute approximate surface area is 110 Å². The van der Waals surface area contributed by atoms with E-state index in [1.54, 1.807) is 0 Å². The smallest absolute Gasteiger partial charge is 0.175 e. The van der Waals surface area contributed by atoms with Gasteiger partial charge >= 0.3 is 0 Å². The summed E-state index contributed by atoms with van der Waals surface area (Å²) in [6.45, 7) is 7.49. The molecule has 0 amide bonds. The minimum Gasteiger partial charge on any atom is -0.486 e. The maximum absolute atomic E-state index is 6.04. The third-order valence-electron chi connectivity index (χ3n) is 2.91. The van der Waals surface area contributed by atoms with Gasteiger partial charge in [0.2, 0.25) is 0 Å². The first-order valence-corrected chi connectivity index (χ1v) is 6.69. The molecule has 4 heteroatoms. The normalized spacial score (nSPS) is 16.1. The van der Waals surface area contributed by atoms with E-state index in [4.69, 9.17) is 15.2 Å². The van der Waals surface area contributed by atoms with Gasteiger partial charge in [-0.2, -0.15) is 0 Å². The number of fused-ring (bicyclic) bond motifs is 1. The van der Waals surface area contributed by atoms with Crippen LogP contribution in [0.1, 0.15) is 43.9 Å². The maximum Gasteiger partial charge on any atom is 0.175 e. The number of ether oxygens (including phenoxy) is 2. The molecule has 3 nitrogen and oxygen atoms in total. The highest BCUT2D eigenvalue weighted by Gasteiger charge is 2.24. The van der Waals surface area contributed by atoms with Crippen LogP contribution in [0.15, 0.2) is 10.5 Å². The fourth-order valence-electron chi connectivity index (χ4n) is 2.14. The monoisotopic (exact) mass is 299 g/mol. The van der Waals surface area contributed by atoms with Crippen LogP contribution in [0.5, 0.6) is 11.5 Å². The van der Waals surface area contributed by atoms with Crippen molar-refractivity contribution in [2.45, 2.75) is 32.7 Å². The van der Waals surface area contributed by atoms with Gasteiger partial charge in [0.05, 0.1) is 4.47 Å². The molecule has 0 saturated heterocycles. The van der Waals surface area contributed by atoms with Crippen molar-refractivity contribution in [3.8, 4) is 11.5 Å². The lowest BCUT2D eigenvalue weighted by Crippen LogP contribution is -2.18. The average molecular weight is 300 g/mol. The number of hydrogen-bond donors (Lipinski definition) is 1. The topological polar surface area (TPSA) is 44.5 Å². The molecule has 94 valence electrons. The van der Waals surface area contributed by atoms with Gasteiger partial charge in [0.25, 0.3) is 0 Å². The maximum atomic E-state index is 6.04. The first-order valence-electron chi connectivity index (χ1n) is 5.89. The van der Waals surface area contributed by atoms with Crippen LogP contribution in [0.25, 0.3) is 0 Å². The van der Waals surface area contributed by atoms with Gasteiger partial charge in [0, 0.05) is 6.04 Å². The molecule has 2 N–H and O–H groups in total. The van der Waals surface area contributed by atoms with E-state index in [9.17, 15) is 0 Å². The highest BCUT2D eigenvalue weighted by molar-refractivity contribution is 9.10. The van der Waals surface area contributed by atoms with Gasteiger partial charge in [-0.05, 0) is 46.0 Å². The van der Waals surface area contributed by atoms with E-state index < -0.39 is 0 Å². The number of benzene rings is 1. The zero-order valence-electron chi connectivity index (χ0n) is 10.4. The van der Waals surface area contributed by atoms with Crippen LogP contribution in [0.4, 0.5) is 0 Å². The van der Waals surface area contributed by atoms with E-state index in [0.29, 0.717) is 19.1 Å². The molecule has 0 radical (unpaired) electrons. The second-order valence-corrected chi connectivity index (χ2v) is 5.45. The van der Waals surface area contributed by atoms with Crippen molar-refractivity contribution in [2.24, 2.45) is 5.73 Å². The molecule has 0 aliphatic carbocycles. The number of halogens is 1. The Bertz CT molecular complexity index is 430. The highest BCUT2D eigenvalue weighted by atomic mass is 79.9. The summed E-state index contributed by atoms with van der Waals surface area (Å²) in [4.78, 5) is 0. The second-order valence-electron chi connectivity index (χ2n) is 4.66. The molecule has 1 unspecified atom stereocenters. The van der Waals surface area contributed by atoms with Crippen molar-refractivity contribution in [1.29, 1.82) is 0 Å². The molecule has 1 aromatic carbocycles. The Morgan fingerprint density at radius 3 is 2.47 bits per heavy atom. The first kappa shape index (κ1) is 12.7. The van der Waals surface area contributed by atoms with E-state index in [-0.39, 0.29) is 6.04 Å². The summed E-state index contributed by atoms with van der Waals surface area (Å²) in [5, 5.41) is 0. The van der Waals surface area contributed by atoms with Crippen molar-refractivity contribution >= 4 is 15.9 Å². The number of nitrogens with two attached hydrogens (primary N) is 1. The summed E-state index contributed by atoms with van der Waals surface area (Å²) in [6, 6.07) is 2.00. The molecule has 0 bridgehead atoms. The minimum absolute atomic E-state index is 0.0143. The van der Waals surface area contributed by atoms with Crippen molar-refractivity contribution in [3.05, 3.63) is 21.7 Å². The summed E-state index contributed by atoms with van der Waals surface area (Å²) in [6.07, 6.45) is 0. The highest BCUT2D eigenvalue weighted by Crippen LogP contribution is 2.45. The summed E-state index contributed by atoms with van der Waals surface area (Å²) in [5.41, 5.74) is 8.37. The molecular formula is C13H18BrNO2. The van der Waals surface area contributed by atoms with Gasteiger partial charge in [-0.1, -0.05) is 13.8 Å². The Hall–Kier alpha value is -0.740. The van der Waals surface area contributed by atoms with Crippen molar-refractivity contribution < 1.29 is 9.47 Å². The molecule has 0 fully saturated rings. The quantitative estimate of drug-likeness (QED) is 0.911.